The van der Waals surface area contributed by atoms with Gasteiger partial charge in [0, 0.05) is 16.8 Å². The molecule has 2 aromatic carbocycles. The topological polar surface area (TPSA) is 56.0 Å². The molecule has 0 saturated carbocycles. The number of rotatable bonds is 2. The molecule has 0 fully saturated rings. The van der Waals surface area contributed by atoms with E-state index in [1.165, 1.54) is 6.08 Å². The Bertz CT molecular complexity index is 850. The highest BCUT2D eigenvalue weighted by Gasteiger charge is 2.07. The smallest absolute Gasteiger partial charge is 0.241 e. The molecule has 0 saturated heterocycles. The number of benzene rings is 2. The first-order valence-corrected chi connectivity index (χ1v) is 6.42. The number of carbonyl (C=O) groups excluding carboxylic acids is 1. The number of pyridine rings is 1. The minimum atomic E-state index is -0.452. The molecule has 0 spiro atoms. The summed E-state index contributed by atoms with van der Waals surface area (Å²) in [5.74, 6) is -0.452. The molecule has 3 nitrogen and oxygen atoms in total. The highest BCUT2D eigenvalue weighted by molar-refractivity contribution is 6.05. The Balaban J connectivity index is 2.44. The average Bonchev–Trinajstić information content (AvgIpc) is 2.43. The number of primary amides is 1. The summed E-state index contributed by atoms with van der Waals surface area (Å²) in [7, 11) is 0. The van der Waals surface area contributed by atoms with Gasteiger partial charge < -0.3 is 5.73 Å². The van der Waals surface area contributed by atoms with Gasteiger partial charge in [-0.2, -0.15) is 0 Å². The molecular weight excluding hydrogens is 248 g/mol. The number of amides is 1. The van der Waals surface area contributed by atoms with E-state index in [0.717, 1.165) is 32.9 Å². The van der Waals surface area contributed by atoms with Crippen molar-refractivity contribution < 1.29 is 4.79 Å². The van der Waals surface area contributed by atoms with Crippen LogP contribution in [0.3, 0.4) is 0 Å². The van der Waals surface area contributed by atoms with Crippen molar-refractivity contribution in [1.82, 2.24) is 4.98 Å². The molecule has 0 unspecified atom stereocenters. The average molecular weight is 262 g/mol. The molecule has 2 N–H and O–H groups in total. The number of fused-ring (bicyclic) bond motifs is 2. The van der Waals surface area contributed by atoms with E-state index in [1.54, 1.807) is 6.08 Å². The molecule has 20 heavy (non-hydrogen) atoms. The second-order valence-corrected chi connectivity index (χ2v) is 4.80. The van der Waals surface area contributed by atoms with Crippen LogP contribution in [0, 0.1) is 6.92 Å². The molecule has 3 heteroatoms. The Morgan fingerprint density at radius 1 is 1.10 bits per heavy atom. The quantitative estimate of drug-likeness (QED) is 0.569. The Kier molecular flexibility index (Phi) is 2.95. The lowest BCUT2D eigenvalue weighted by atomic mass is 10.0. The van der Waals surface area contributed by atoms with Gasteiger partial charge in [-0.25, -0.2) is 4.98 Å². The molecule has 1 aromatic heterocycles. The third-order valence-corrected chi connectivity index (χ3v) is 3.29. The van der Waals surface area contributed by atoms with Gasteiger partial charge in [0.1, 0.15) is 0 Å². The predicted octanol–water partition coefficient (Wildman–Crippen LogP) is 3.19. The van der Waals surface area contributed by atoms with E-state index in [9.17, 15) is 4.79 Å². The molecule has 98 valence electrons. The lowest BCUT2D eigenvalue weighted by Gasteiger charge is -2.08. The van der Waals surface area contributed by atoms with Gasteiger partial charge in [0.25, 0.3) is 0 Å². The van der Waals surface area contributed by atoms with E-state index >= 15 is 0 Å². The van der Waals surface area contributed by atoms with Gasteiger partial charge in [0.15, 0.2) is 0 Å². The molecule has 3 aromatic rings. The minimum absolute atomic E-state index is 0.452. The largest absolute Gasteiger partial charge is 0.366 e. The molecule has 3 rings (SSSR count). The monoisotopic (exact) mass is 262 g/mol. The van der Waals surface area contributed by atoms with E-state index in [-0.39, 0.29) is 0 Å². The molecular formula is C17H14N2O. The van der Waals surface area contributed by atoms with E-state index < -0.39 is 5.91 Å². The van der Waals surface area contributed by atoms with Crippen LogP contribution in [0.5, 0.6) is 0 Å². The number of aromatic nitrogens is 1. The summed E-state index contributed by atoms with van der Waals surface area (Å²) < 4.78 is 0. The fourth-order valence-corrected chi connectivity index (χ4v) is 2.38. The molecule has 1 heterocycles. The fourth-order valence-electron chi connectivity index (χ4n) is 2.38. The van der Waals surface area contributed by atoms with Crippen LogP contribution in [-0.4, -0.2) is 10.9 Å². The van der Waals surface area contributed by atoms with E-state index in [1.807, 2.05) is 43.3 Å². The standard InChI is InChI=1S/C17H14N2O/c1-11-6-8-16-14(10-11)12(7-9-17(18)20)13-4-2-3-5-15(13)19-16/h2-10H,1H3,(H2,18,20)/b9-7+. The normalized spacial score (nSPS) is 11.4. The summed E-state index contributed by atoms with van der Waals surface area (Å²) in [4.78, 5) is 15.7. The SMILES string of the molecule is Cc1ccc2nc3ccccc3c(/C=C/C(N)=O)c2c1. The van der Waals surface area contributed by atoms with Crippen molar-refractivity contribution in [3.63, 3.8) is 0 Å². The van der Waals surface area contributed by atoms with Gasteiger partial charge in [-0.3, -0.25) is 4.79 Å². The summed E-state index contributed by atoms with van der Waals surface area (Å²) in [6, 6.07) is 14.0. The number of para-hydroxylation sites is 1. The molecule has 1 amide bonds. The van der Waals surface area contributed by atoms with Gasteiger partial charge in [-0.05, 0) is 36.8 Å². The highest BCUT2D eigenvalue weighted by Crippen LogP contribution is 2.27. The van der Waals surface area contributed by atoms with Crippen molar-refractivity contribution in [3.8, 4) is 0 Å². The van der Waals surface area contributed by atoms with Crippen LogP contribution < -0.4 is 5.73 Å². The third kappa shape index (κ3) is 2.14. The van der Waals surface area contributed by atoms with Gasteiger partial charge in [-0.15, -0.1) is 0 Å². The molecule has 0 bridgehead atoms. The van der Waals surface area contributed by atoms with Crippen molar-refractivity contribution in [2.45, 2.75) is 6.92 Å². The van der Waals surface area contributed by atoms with E-state index in [0.29, 0.717) is 0 Å². The number of hydrogen-bond donors (Lipinski definition) is 1. The van der Waals surface area contributed by atoms with Crippen LogP contribution in [0.15, 0.2) is 48.5 Å². The zero-order chi connectivity index (χ0) is 14.1. The third-order valence-electron chi connectivity index (χ3n) is 3.29. The number of nitrogens with two attached hydrogens (primary N) is 1. The van der Waals surface area contributed by atoms with Gasteiger partial charge in [0.2, 0.25) is 5.91 Å². The summed E-state index contributed by atoms with van der Waals surface area (Å²) in [6.07, 6.45) is 3.16. The Morgan fingerprint density at radius 3 is 2.65 bits per heavy atom. The van der Waals surface area contributed by atoms with Crippen molar-refractivity contribution in [2.75, 3.05) is 0 Å². The Hall–Kier alpha value is -2.68. The molecule has 0 aliphatic heterocycles. The maximum absolute atomic E-state index is 11.0. The maximum atomic E-state index is 11.0. The summed E-state index contributed by atoms with van der Waals surface area (Å²) in [6.45, 7) is 2.04. The Labute approximate surface area is 116 Å². The number of carbonyl (C=O) groups is 1. The van der Waals surface area contributed by atoms with Gasteiger partial charge >= 0.3 is 0 Å². The zero-order valence-electron chi connectivity index (χ0n) is 11.1. The lowest BCUT2D eigenvalue weighted by Crippen LogP contribution is -2.05. The zero-order valence-corrected chi connectivity index (χ0v) is 11.1. The van der Waals surface area contributed by atoms with Crippen LogP contribution in [0.4, 0.5) is 0 Å². The van der Waals surface area contributed by atoms with Crippen LogP contribution in [0.25, 0.3) is 27.9 Å². The van der Waals surface area contributed by atoms with Gasteiger partial charge in [-0.1, -0.05) is 29.8 Å². The highest BCUT2D eigenvalue weighted by atomic mass is 16.1. The first kappa shape index (κ1) is 12.4. The minimum Gasteiger partial charge on any atom is -0.366 e. The van der Waals surface area contributed by atoms with Gasteiger partial charge in [0.05, 0.1) is 11.0 Å². The van der Waals surface area contributed by atoms with Crippen LogP contribution in [-0.2, 0) is 4.79 Å². The number of hydrogen-bond acceptors (Lipinski definition) is 2. The van der Waals surface area contributed by atoms with Crippen LogP contribution in [0.1, 0.15) is 11.1 Å². The molecule has 0 aliphatic carbocycles. The second-order valence-electron chi connectivity index (χ2n) is 4.80. The van der Waals surface area contributed by atoms with Crippen molar-refractivity contribution in [2.24, 2.45) is 5.73 Å². The maximum Gasteiger partial charge on any atom is 0.241 e. The van der Waals surface area contributed by atoms with E-state index in [2.05, 4.69) is 11.1 Å². The Morgan fingerprint density at radius 2 is 1.85 bits per heavy atom. The first-order valence-electron chi connectivity index (χ1n) is 6.42. The second kappa shape index (κ2) is 4.78. The summed E-state index contributed by atoms with van der Waals surface area (Å²) >= 11 is 0. The molecule has 0 radical (unpaired) electrons. The first-order chi connectivity index (χ1) is 9.65. The van der Waals surface area contributed by atoms with E-state index in [4.69, 9.17) is 5.73 Å². The number of aryl methyl sites for hydroxylation is 1. The van der Waals surface area contributed by atoms with Crippen molar-refractivity contribution in [3.05, 3.63) is 59.7 Å². The summed E-state index contributed by atoms with van der Waals surface area (Å²) in [5.41, 5.74) is 9.18. The van der Waals surface area contributed by atoms with Crippen molar-refractivity contribution >= 4 is 33.8 Å². The lowest BCUT2D eigenvalue weighted by molar-refractivity contribution is -0.113. The molecule has 0 atom stereocenters. The summed E-state index contributed by atoms with van der Waals surface area (Å²) in [5, 5.41) is 2.05. The predicted molar refractivity (Wildman–Crippen MR) is 82.2 cm³/mol. The van der Waals surface area contributed by atoms with Crippen LogP contribution >= 0.6 is 0 Å². The van der Waals surface area contributed by atoms with Crippen LogP contribution in [0.2, 0.25) is 0 Å². The fraction of sp³-hybridized carbons (Fsp3) is 0.0588. The number of nitrogens with zero attached hydrogens (tertiary/aromatic N) is 1. The molecule has 0 aliphatic rings. The van der Waals surface area contributed by atoms with Crippen molar-refractivity contribution in [1.29, 1.82) is 0 Å².